The molecular formula is C9H11BrN2O. The predicted octanol–water partition coefficient (Wildman–Crippen LogP) is 1.50. The van der Waals surface area contributed by atoms with E-state index in [1.165, 1.54) is 0 Å². The zero-order valence-electron chi connectivity index (χ0n) is 7.38. The topological polar surface area (TPSA) is 34.1 Å². The first-order valence-corrected chi connectivity index (χ1v) is 5.04. The number of halogens is 1. The fourth-order valence-electron chi connectivity index (χ4n) is 1.13. The van der Waals surface area contributed by atoms with Crippen LogP contribution in [0.4, 0.5) is 0 Å². The first kappa shape index (κ1) is 8.97. The van der Waals surface area contributed by atoms with Gasteiger partial charge in [-0.1, -0.05) is 0 Å². The lowest BCUT2D eigenvalue weighted by Gasteiger charge is -2.28. The molecule has 1 saturated heterocycles. The van der Waals surface area contributed by atoms with E-state index < -0.39 is 0 Å². The summed E-state index contributed by atoms with van der Waals surface area (Å²) in [7, 11) is 0. The van der Waals surface area contributed by atoms with E-state index in [4.69, 9.17) is 4.74 Å². The first-order valence-electron chi connectivity index (χ1n) is 4.25. The van der Waals surface area contributed by atoms with Gasteiger partial charge in [-0.15, -0.1) is 0 Å². The van der Waals surface area contributed by atoms with E-state index in [1.54, 1.807) is 6.20 Å². The van der Waals surface area contributed by atoms with Crippen LogP contribution in [0.1, 0.15) is 5.69 Å². The van der Waals surface area contributed by atoms with Gasteiger partial charge in [0.05, 0.1) is 5.69 Å². The average Bonchev–Trinajstić information content (AvgIpc) is 2.03. The van der Waals surface area contributed by atoms with Crippen molar-refractivity contribution in [3.8, 4) is 5.75 Å². The molecule has 1 N–H and O–H groups in total. The van der Waals surface area contributed by atoms with Gasteiger partial charge in [-0.05, 0) is 28.9 Å². The molecule has 1 aliphatic heterocycles. The quantitative estimate of drug-likeness (QED) is 0.854. The summed E-state index contributed by atoms with van der Waals surface area (Å²) in [5.74, 6) is 0.876. The van der Waals surface area contributed by atoms with E-state index in [9.17, 15) is 0 Å². The molecule has 0 amide bonds. The highest BCUT2D eigenvalue weighted by Gasteiger charge is 2.19. The highest BCUT2D eigenvalue weighted by molar-refractivity contribution is 9.10. The molecule has 3 nitrogen and oxygen atoms in total. The van der Waals surface area contributed by atoms with Gasteiger partial charge < -0.3 is 10.1 Å². The van der Waals surface area contributed by atoms with Crippen molar-refractivity contribution < 1.29 is 4.74 Å². The molecule has 1 fully saturated rings. The molecule has 4 heteroatoms. The molecule has 0 bridgehead atoms. The second kappa shape index (κ2) is 3.64. The van der Waals surface area contributed by atoms with Crippen LogP contribution in [0, 0.1) is 6.92 Å². The summed E-state index contributed by atoms with van der Waals surface area (Å²) in [4.78, 5) is 4.20. The van der Waals surface area contributed by atoms with Crippen LogP contribution < -0.4 is 10.1 Å². The SMILES string of the molecule is Cc1ncc(Br)cc1OC1CNC1. The summed E-state index contributed by atoms with van der Waals surface area (Å²) in [6.07, 6.45) is 2.09. The minimum absolute atomic E-state index is 0.315. The predicted molar refractivity (Wildman–Crippen MR) is 54.0 cm³/mol. The van der Waals surface area contributed by atoms with E-state index in [0.717, 1.165) is 29.0 Å². The molecular weight excluding hydrogens is 232 g/mol. The number of aromatic nitrogens is 1. The van der Waals surface area contributed by atoms with E-state index >= 15 is 0 Å². The van der Waals surface area contributed by atoms with Gasteiger partial charge in [0.2, 0.25) is 0 Å². The molecule has 0 aromatic carbocycles. The summed E-state index contributed by atoms with van der Waals surface area (Å²) in [6, 6.07) is 1.96. The summed E-state index contributed by atoms with van der Waals surface area (Å²) in [5.41, 5.74) is 0.940. The molecule has 0 unspecified atom stereocenters. The zero-order valence-corrected chi connectivity index (χ0v) is 8.97. The monoisotopic (exact) mass is 242 g/mol. The van der Waals surface area contributed by atoms with Crippen molar-refractivity contribution in [3.63, 3.8) is 0 Å². The highest BCUT2D eigenvalue weighted by Crippen LogP contribution is 2.22. The van der Waals surface area contributed by atoms with Gasteiger partial charge in [0.25, 0.3) is 0 Å². The van der Waals surface area contributed by atoms with Crippen molar-refractivity contribution in [2.24, 2.45) is 0 Å². The Bertz CT molecular complexity index is 312. The van der Waals surface area contributed by atoms with E-state index in [0.29, 0.717) is 6.10 Å². The third-order valence-electron chi connectivity index (χ3n) is 2.04. The molecule has 1 aromatic heterocycles. The van der Waals surface area contributed by atoms with E-state index in [1.807, 2.05) is 13.0 Å². The minimum Gasteiger partial charge on any atom is -0.486 e. The highest BCUT2D eigenvalue weighted by atomic mass is 79.9. The van der Waals surface area contributed by atoms with Gasteiger partial charge in [-0.2, -0.15) is 0 Å². The van der Waals surface area contributed by atoms with Crippen LogP contribution in [-0.4, -0.2) is 24.2 Å². The van der Waals surface area contributed by atoms with Crippen LogP contribution in [0.2, 0.25) is 0 Å². The Balaban J connectivity index is 2.13. The Morgan fingerprint density at radius 1 is 1.62 bits per heavy atom. The first-order chi connectivity index (χ1) is 6.25. The number of aryl methyl sites for hydroxylation is 1. The van der Waals surface area contributed by atoms with Crippen LogP contribution >= 0.6 is 15.9 Å². The lowest BCUT2D eigenvalue weighted by Crippen LogP contribution is -2.50. The lowest BCUT2D eigenvalue weighted by atomic mass is 10.2. The molecule has 2 rings (SSSR count). The molecule has 0 spiro atoms. The fraction of sp³-hybridized carbons (Fsp3) is 0.444. The van der Waals surface area contributed by atoms with Crippen LogP contribution in [0.3, 0.4) is 0 Å². The maximum atomic E-state index is 5.71. The largest absolute Gasteiger partial charge is 0.486 e. The summed E-state index contributed by atoms with van der Waals surface area (Å²) < 4.78 is 6.67. The second-order valence-electron chi connectivity index (χ2n) is 3.14. The molecule has 2 heterocycles. The number of nitrogens with zero attached hydrogens (tertiary/aromatic N) is 1. The molecule has 13 heavy (non-hydrogen) atoms. The van der Waals surface area contributed by atoms with Crippen LogP contribution in [0.15, 0.2) is 16.7 Å². The summed E-state index contributed by atoms with van der Waals surface area (Å²) >= 11 is 3.37. The number of hydrogen-bond acceptors (Lipinski definition) is 3. The van der Waals surface area contributed by atoms with Gasteiger partial charge in [-0.25, -0.2) is 0 Å². The molecule has 0 atom stereocenters. The Kier molecular flexibility index (Phi) is 2.51. The van der Waals surface area contributed by atoms with Gasteiger partial charge >= 0.3 is 0 Å². The van der Waals surface area contributed by atoms with Crippen molar-refractivity contribution >= 4 is 15.9 Å². The third kappa shape index (κ3) is 2.00. The normalized spacial score (nSPS) is 16.8. The third-order valence-corrected chi connectivity index (χ3v) is 2.48. The standard InChI is InChI=1S/C9H11BrN2O/c1-6-9(2-7(10)3-12-6)13-8-4-11-5-8/h2-3,8,11H,4-5H2,1H3. The number of rotatable bonds is 2. The van der Waals surface area contributed by atoms with Crippen molar-refractivity contribution in [2.45, 2.75) is 13.0 Å². The van der Waals surface area contributed by atoms with Crippen molar-refractivity contribution in [3.05, 3.63) is 22.4 Å². The molecule has 70 valence electrons. The number of pyridine rings is 1. The summed E-state index contributed by atoms with van der Waals surface area (Å²) in [6.45, 7) is 3.83. The van der Waals surface area contributed by atoms with Gasteiger partial charge in [0, 0.05) is 23.8 Å². The van der Waals surface area contributed by atoms with Gasteiger partial charge in [-0.3, -0.25) is 4.98 Å². The van der Waals surface area contributed by atoms with Crippen LogP contribution in [0.5, 0.6) is 5.75 Å². The fourth-order valence-corrected chi connectivity index (χ4v) is 1.44. The average molecular weight is 243 g/mol. The molecule has 0 radical (unpaired) electrons. The zero-order chi connectivity index (χ0) is 9.26. The minimum atomic E-state index is 0.315. The number of ether oxygens (including phenoxy) is 1. The Morgan fingerprint density at radius 3 is 3.00 bits per heavy atom. The maximum Gasteiger partial charge on any atom is 0.142 e. The maximum absolute atomic E-state index is 5.71. The van der Waals surface area contributed by atoms with Gasteiger partial charge in [0.15, 0.2) is 0 Å². The molecule has 1 aliphatic rings. The van der Waals surface area contributed by atoms with Crippen LogP contribution in [-0.2, 0) is 0 Å². The molecule has 0 saturated carbocycles. The van der Waals surface area contributed by atoms with E-state index in [-0.39, 0.29) is 0 Å². The van der Waals surface area contributed by atoms with Crippen molar-refractivity contribution in [1.82, 2.24) is 10.3 Å². The Hall–Kier alpha value is -0.610. The smallest absolute Gasteiger partial charge is 0.142 e. The lowest BCUT2D eigenvalue weighted by molar-refractivity contribution is 0.140. The molecule has 1 aromatic rings. The number of hydrogen-bond donors (Lipinski definition) is 1. The second-order valence-corrected chi connectivity index (χ2v) is 4.05. The van der Waals surface area contributed by atoms with Crippen molar-refractivity contribution in [2.75, 3.05) is 13.1 Å². The van der Waals surface area contributed by atoms with Crippen LogP contribution in [0.25, 0.3) is 0 Å². The number of nitrogens with one attached hydrogen (secondary N) is 1. The van der Waals surface area contributed by atoms with Gasteiger partial charge in [0.1, 0.15) is 11.9 Å². The van der Waals surface area contributed by atoms with Crippen molar-refractivity contribution in [1.29, 1.82) is 0 Å². The van der Waals surface area contributed by atoms with E-state index in [2.05, 4.69) is 26.2 Å². The summed E-state index contributed by atoms with van der Waals surface area (Å²) in [5, 5.41) is 3.16. The molecule has 0 aliphatic carbocycles. The Morgan fingerprint density at radius 2 is 2.38 bits per heavy atom. The Labute approximate surface area is 85.6 Å².